The Balaban J connectivity index is 2.87. The van der Waals surface area contributed by atoms with Crippen molar-refractivity contribution < 1.29 is 4.39 Å². The number of nitrogens with two attached hydrogens (primary N) is 1. The number of anilines is 1. The highest BCUT2D eigenvalue weighted by Gasteiger charge is 2.05. The molecule has 0 bridgehead atoms. The molecular formula is C8H5FINS. The first-order chi connectivity index (χ1) is 5.68. The normalized spacial score (nSPS) is 10.8. The number of benzene rings is 1. The van der Waals surface area contributed by atoms with Gasteiger partial charge in [-0.25, -0.2) is 4.39 Å². The molecule has 1 aromatic heterocycles. The minimum absolute atomic E-state index is 0.182. The van der Waals surface area contributed by atoms with Crippen LogP contribution < -0.4 is 5.73 Å². The smallest absolute Gasteiger partial charge is 0.141 e. The molecule has 0 unspecified atom stereocenters. The van der Waals surface area contributed by atoms with Gasteiger partial charge < -0.3 is 5.73 Å². The molecule has 0 spiro atoms. The van der Waals surface area contributed by atoms with Crippen LogP contribution in [0.4, 0.5) is 10.1 Å². The number of halogens is 2. The van der Waals surface area contributed by atoms with E-state index < -0.39 is 0 Å². The van der Waals surface area contributed by atoms with Gasteiger partial charge in [0.05, 0.1) is 0 Å². The lowest BCUT2D eigenvalue weighted by atomic mass is 10.2. The number of rotatable bonds is 0. The van der Waals surface area contributed by atoms with Crippen LogP contribution in [0.15, 0.2) is 17.5 Å². The zero-order chi connectivity index (χ0) is 8.72. The van der Waals surface area contributed by atoms with Gasteiger partial charge in [-0.05, 0) is 34.7 Å². The van der Waals surface area contributed by atoms with Gasteiger partial charge in [0.1, 0.15) is 5.82 Å². The fraction of sp³-hybridized carbons (Fsp3) is 0. The van der Waals surface area contributed by atoms with Crippen molar-refractivity contribution in [1.82, 2.24) is 0 Å². The van der Waals surface area contributed by atoms with Crippen LogP contribution in [0.2, 0.25) is 0 Å². The fourth-order valence-corrected chi connectivity index (χ4v) is 2.54. The van der Waals surface area contributed by atoms with Crippen LogP contribution in [0.3, 0.4) is 0 Å². The van der Waals surface area contributed by atoms with Crippen LogP contribution in [-0.2, 0) is 0 Å². The standard InChI is InChI=1S/C8H5FINS/c9-5-3-12-8-2-6(10)7(11)1-4(5)8/h1-3H,11H2. The molecule has 0 aliphatic heterocycles. The summed E-state index contributed by atoms with van der Waals surface area (Å²) in [6.07, 6.45) is 0. The zero-order valence-corrected chi connectivity index (χ0v) is 8.95. The van der Waals surface area contributed by atoms with Gasteiger partial charge in [-0.2, -0.15) is 0 Å². The second-order valence-corrected chi connectivity index (χ2v) is 4.53. The Morgan fingerprint density at radius 1 is 1.42 bits per heavy atom. The number of fused-ring (bicyclic) bond motifs is 1. The van der Waals surface area contributed by atoms with Crippen LogP contribution in [0.5, 0.6) is 0 Å². The lowest BCUT2D eigenvalue weighted by molar-refractivity contribution is 0.644. The van der Waals surface area contributed by atoms with Crippen molar-refractivity contribution in [2.45, 2.75) is 0 Å². The van der Waals surface area contributed by atoms with E-state index >= 15 is 0 Å². The lowest BCUT2D eigenvalue weighted by Crippen LogP contribution is -1.87. The predicted octanol–water partition coefficient (Wildman–Crippen LogP) is 3.23. The van der Waals surface area contributed by atoms with E-state index in [-0.39, 0.29) is 5.82 Å². The zero-order valence-electron chi connectivity index (χ0n) is 5.97. The number of hydrogen-bond acceptors (Lipinski definition) is 2. The Morgan fingerprint density at radius 3 is 2.92 bits per heavy atom. The molecule has 2 N–H and O–H groups in total. The van der Waals surface area contributed by atoms with E-state index in [1.54, 1.807) is 6.07 Å². The third-order valence-electron chi connectivity index (χ3n) is 1.65. The highest BCUT2D eigenvalue weighted by atomic mass is 127. The van der Waals surface area contributed by atoms with Crippen LogP contribution in [0, 0.1) is 9.39 Å². The summed E-state index contributed by atoms with van der Waals surface area (Å²) in [6.45, 7) is 0. The van der Waals surface area contributed by atoms with Gasteiger partial charge in [0.25, 0.3) is 0 Å². The molecule has 12 heavy (non-hydrogen) atoms. The molecule has 0 saturated carbocycles. The van der Waals surface area contributed by atoms with Crippen molar-refractivity contribution >= 4 is 49.7 Å². The monoisotopic (exact) mass is 293 g/mol. The van der Waals surface area contributed by atoms with Gasteiger partial charge >= 0.3 is 0 Å². The summed E-state index contributed by atoms with van der Waals surface area (Å²) in [5, 5.41) is 2.12. The molecule has 0 aliphatic carbocycles. The van der Waals surface area contributed by atoms with Gasteiger partial charge in [0.15, 0.2) is 0 Å². The van der Waals surface area contributed by atoms with Gasteiger partial charge in [-0.3, -0.25) is 0 Å². The summed E-state index contributed by atoms with van der Waals surface area (Å²) in [5.74, 6) is -0.182. The third-order valence-corrected chi connectivity index (χ3v) is 3.50. The van der Waals surface area contributed by atoms with Crippen molar-refractivity contribution in [3.63, 3.8) is 0 Å². The maximum absolute atomic E-state index is 13.0. The molecule has 2 aromatic rings. The van der Waals surface area contributed by atoms with E-state index in [0.717, 1.165) is 8.27 Å². The topological polar surface area (TPSA) is 26.0 Å². The Bertz CT molecular complexity index is 438. The first-order valence-corrected chi connectivity index (χ1v) is 5.26. The first kappa shape index (κ1) is 8.25. The first-order valence-electron chi connectivity index (χ1n) is 3.30. The summed E-state index contributed by atoms with van der Waals surface area (Å²) in [6, 6.07) is 3.59. The minimum Gasteiger partial charge on any atom is -0.398 e. The van der Waals surface area contributed by atoms with Crippen LogP contribution in [-0.4, -0.2) is 0 Å². The molecule has 2 rings (SSSR count). The van der Waals surface area contributed by atoms with Crippen molar-refractivity contribution in [1.29, 1.82) is 0 Å². The second-order valence-electron chi connectivity index (χ2n) is 2.45. The molecule has 0 fully saturated rings. The lowest BCUT2D eigenvalue weighted by Gasteiger charge is -1.97. The van der Waals surface area contributed by atoms with Gasteiger partial charge in [0.2, 0.25) is 0 Å². The average molecular weight is 293 g/mol. The Hall–Kier alpha value is -0.360. The molecule has 0 saturated heterocycles. The van der Waals surface area contributed by atoms with Gasteiger partial charge in [-0.15, -0.1) is 11.3 Å². The second kappa shape index (κ2) is 2.85. The predicted molar refractivity (Wildman–Crippen MR) is 58.9 cm³/mol. The van der Waals surface area contributed by atoms with Crippen LogP contribution in [0.1, 0.15) is 0 Å². The highest BCUT2D eigenvalue weighted by molar-refractivity contribution is 14.1. The van der Waals surface area contributed by atoms with E-state index in [2.05, 4.69) is 22.6 Å². The van der Waals surface area contributed by atoms with E-state index in [0.29, 0.717) is 11.1 Å². The summed E-state index contributed by atoms with van der Waals surface area (Å²) in [4.78, 5) is 0. The Morgan fingerprint density at radius 2 is 2.17 bits per heavy atom. The molecule has 1 aromatic carbocycles. The highest BCUT2D eigenvalue weighted by Crippen LogP contribution is 2.29. The summed E-state index contributed by atoms with van der Waals surface area (Å²) in [5.41, 5.74) is 6.28. The molecule has 0 amide bonds. The largest absolute Gasteiger partial charge is 0.398 e. The van der Waals surface area contributed by atoms with Crippen molar-refractivity contribution in [3.8, 4) is 0 Å². The average Bonchev–Trinajstić information content (AvgIpc) is 2.35. The van der Waals surface area contributed by atoms with Crippen LogP contribution >= 0.6 is 33.9 Å². The summed E-state index contributed by atoms with van der Waals surface area (Å²) < 4.78 is 14.9. The van der Waals surface area contributed by atoms with E-state index in [1.807, 2.05) is 6.07 Å². The minimum atomic E-state index is -0.182. The Kier molecular flexibility index (Phi) is 1.96. The molecule has 1 nitrogen and oxygen atoms in total. The van der Waals surface area contributed by atoms with E-state index in [4.69, 9.17) is 5.73 Å². The van der Waals surface area contributed by atoms with Crippen LogP contribution in [0.25, 0.3) is 10.1 Å². The molecule has 1 heterocycles. The van der Waals surface area contributed by atoms with Crippen molar-refractivity contribution in [2.24, 2.45) is 0 Å². The number of thiophene rings is 1. The number of hydrogen-bond donors (Lipinski definition) is 1. The van der Waals surface area contributed by atoms with E-state index in [1.165, 1.54) is 16.7 Å². The quantitative estimate of drug-likeness (QED) is 0.586. The fourth-order valence-electron chi connectivity index (χ4n) is 1.03. The summed E-state index contributed by atoms with van der Waals surface area (Å²) >= 11 is 3.54. The molecule has 0 aliphatic rings. The molecular weight excluding hydrogens is 288 g/mol. The van der Waals surface area contributed by atoms with Crippen molar-refractivity contribution in [3.05, 3.63) is 26.9 Å². The SMILES string of the molecule is Nc1cc2c(F)csc2cc1I. The van der Waals surface area contributed by atoms with E-state index in [9.17, 15) is 4.39 Å². The maximum Gasteiger partial charge on any atom is 0.141 e. The summed E-state index contributed by atoms with van der Waals surface area (Å²) in [7, 11) is 0. The third kappa shape index (κ3) is 1.19. The van der Waals surface area contributed by atoms with Gasteiger partial charge in [-0.1, -0.05) is 0 Å². The van der Waals surface area contributed by atoms with Crippen molar-refractivity contribution in [2.75, 3.05) is 5.73 Å². The maximum atomic E-state index is 13.0. The Labute approximate surface area is 86.5 Å². The molecule has 4 heteroatoms. The molecule has 0 atom stereocenters. The molecule has 62 valence electrons. The molecule has 0 radical (unpaired) electrons. The van der Waals surface area contributed by atoms with Gasteiger partial charge in [0, 0.05) is 24.7 Å². The number of nitrogen functional groups attached to an aromatic ring is 1.